The van der Waals surface area contributed by atoms with Crippen LogP contribution in [0.2, 0.25) is 0 Å². The SMILES string of the molecule is CCCCCCC/C=C\C/C=C\C/C=C\CCCCCCCCCCCCCCCCC(=O)NC(COC1OC(CO)C(O)C(O)C1O)C(O)/C=C/CC/C=C/CC/C=C/CCCCCCCCCCCCCCCCCCCCCC. The van der Waals surface area contributed by atoms with Crippen LogP contribution in [0.15, 0.2) is 72.9 Å². The van der Waals surface area contributed by atoms with Crippen molar-refractivity contribution >= 4 is 5.91 Å². The van der Waals surface area contributed by atoms with Gasteiger partial charge in [0.05, 0.1) is 25.4 Å². The minimum Gasteiger partial charge on any atom is -0.394 e. The van der Waals surface area contributed by atoms with Gasteiger partial charge in [0.25, 0.3) is 0 Å². The van der Waals surface area contributed by atoms with Crippen LogP contribution in [0.5, 0.6) is 0 Å². The first-order valence-electron chi connectivity index (χ1n) is 35.2. The molecule has 0 radical (unpaired) electrons. The van der Waals surface area contributed by atoms with Gasteiger partial charge in [0.15, 0.2) is 6.29 Å². The molecule has 0 bridgehead atoms. The zero-order valence-electron chi connectivity index (χ0n) is 53.5. The Labute approximate surface area is 506 Å². The van der Waals surface area contributed by atoms with Gasteiger partial charge in [-0.25, -0.2) is 0 Å². The third-order valence-electron chi connectivity index (χ3n) is 16.5. The molecule has 82 heavy (non-hydrogen) atoms. The summed E-state index contributed by atoms with van der Waals surface area (Å²) in [5.41, 5.74) is 0. The van der Waals surface area contributed by atoms with Crippen molar-refractivity contribution in [3.05, 3.63) is 72.9 Å². The van der Waals surface area contributed by atoms with Crippen molar-refractivity contribution in [2.45, 2.75) is 371 Å². The van der Waals surface area contributed by atoms with E-state index in [-0.39, 0.29) is 12.5 Å². The lowest BCUT2D eigenvalue weighted by Crippen LogP contribution is -2.60. The van der Waals surface area contributed by atoms with Crippen molar-refractivity contribution < 1.29 is 39.8 Å². The molecule has 1 aliphatic rings. The average Bonchev–Trinajstić information content (AvgIpc) is 3.57. The summed E-state index contributed by atoms with van der Waals surface area (Å²) in [5.74, 6) is -0.190. The Kier molecular flexibility index (Phi) is 58.4. The highest BCUT2D eigenvalue weighted by Crippen LogP contribution is 2.23. The fourth-order valence-corrected chi connectivity index (χ4v) is 11.0. The van der Waals surface area contributed by atoms with E-state index in [1.165, 1.54) is 250 Å². The van der Waals surface area contributed by atoms with Gasteiger partial charge in [0.1, 0.15) is 24.4 Å². The summed E-state index contributed by atoms with van der Waals surface area (Å²) in [5, 5.41) is 54.7. The number of aliphatic hydroxyl groups excluding tert-OH is 5. The molecule has 9 heteroatoms. The maximum Gasteiger partial charge on any atom is 0.220 e. The molecule has 0 spiro atoms. The van der Waals surface area contributed by atoms with Gasteiger partial charge in [0, 0.05) is 6.42 Å². The Morgan fingerprint density at radius 3 is 1.11 bits per heavy atom. The van der Waals surface area contributed by atoms with Crippen LogP contribution in [0.25, 0.3) is 0 Å². The van der Waals surface area contributed by atoms with E-state index >= 15 is 0 Å². The number of rotatable bonds is 61. The van der Waals surface area contributed by atoms with Crippen molar-refractivity contribution in [3.8, 4) is 0 Å². The Morgan fingerprint density at radius 1 is 0.415 bits per heavy atom. The molecule has 1 heterocycles. The molecule has 0 saturated carbocycles. The fourth-order valence-electron chi connectivity index (χ4n) is 11.0. The van der Waals surface area contributed by atoms with Crippen LogP contribution in [0.3, 0.4) is 0 Å². The minimum absolute atomic E-state index is 0.190. The number of carbonyl (C=O) groups is 1. The molecule has 0 aromatic rings. The summed E-state index contributed by atoms with van der Waals surface area (Å²) in [6.07, 6.45) is 80.1. The lowest BCUT2D eigenvalue weighted by Gasteiger charge is -2.40. The highest BCUT2D eigenvalue weighted by atomic mass is 16.7. The van der Waals surface area contributed by atoms with Gasteiger partial charge >= 0.3 is 0 Å². The number of allylic oxidation sites excluding steroid dienone is 11. The second kappa shape index (κ2) is 61.7. The topological polar surface area (TPSA) is 149 Å². The number of nitrogens with one attached hydrogen (secondary N) is 1. The maximum atomic E-state index is 13.1. The highest BCUT2D eigenvalue weighted by Gasteiger charge is 2.44. The third-order valence-corrected chi connectivity index (χ3v) is 16.5. The monoisotopic (exact) mass is 1150 g/mol. The van der Waals surface area contributed by atoms with Gasteiger partial charge in [-0.05, 0) is 83.5 Å². The molecule has 7 atom stereocenters. The molecule has 6 N–H and O–H groups in total. The van der Waals surface area contributed by atoms with Crippen molar-refractivity contribution in [3.63, 3.8) is 0 Å². The number of unbranched alkanes of at least 4 members (excludes halogenated alkanes) is 41. The number of aliphatic hydroxyl groups is 5. The van der Waals surface area contributed by atoms with Crippen LogP contribution in [-0.2, 0) is 14.3 Å². The Morgan fingerprint density at radius 2 is 0.732 bits per heavy atom. The second-order valence-electron chi connectivity index (χ2n) is 24.3. The standard InChI is InChI=1S/C73H133NO8/c1-3-5-7-9-11-13-15-17-19-21-23-25-27-29-31-33-35-36-38-40-42-44-46-48-50-52-54-56-58-60-62-67(76)66(65-81-73-72(80)71(79)70(78)68(64-75)82-73)74-69(77)63-61-59-57-55-53-51-49-47-45-43-41-39-37-34-32-30-28-26-24-22-20-18-16-14-12-10-8-6-4-2/h16,18,22,24,28,30,44,46,52,54,60,62,66-68,70-73,75-76,78-80H,3-15,17,19-21,23,25-27,29,31-43,45,47-51,53,55-59,61,63-65H2,1-2H3,(H,74,77)/b18-16-,24-22-,30-28-,46-44+,54-52+,62-60+. The van der Waals surface area contributed by atoms with Crippen molar-refractivity contribution in [2.24, 2.45) is 0 Å². The van der Waals surface area contributed by atoms with Crippen LogP contribution in [0, 0.1) is 0 Å². The lowest BCUT2D eigenvalue weighted by atomic mass is 9.99. The summed E-state index contributed by atoms with van der Waals surface area (Å²) >= 11 is 0. The third kappa shape index (κ3) is 49.8. The molecule has 1 aliphatic heterocycles. The van der Waals surface area contributed by atoms with Gasteiger partial charge in [-0.2, -0.15) is 0 Å². The molecule has 1 saturated heterocycles. The summed E-state index contributed by atoms with van der Waals surface area (Å²) in [6.45, 7) is 3.78. The maximum absolute atomic E-state index is 13.1. The number of carbonyl (C=O) groups excluding carboxylic acids is 1. The number of hydrogen-bond donors (Lipinski definition) is 6. The summed E-state index contributed by atoms with van der Waals surface area (Å²) in [6, 6.07) is -0.834. The zero-order chi connectivity index (χ0) is 59.3. The van der Waals surface area contributed by atoms with Gasteiger partial charge in [-0.15, -0.1) is 0 Å². The molecule has 0 aliphatic carbocycles. The Hall–Kier alpha value is -2.37. The summed E-state index contributed by atoms with van der Waals surface area (Å²) < 4.78 is 11.3. The van der Waals surface area contributed by atoms with E-state index < -0.39 is 49.5 Å². The molecular weight excluding hydrogens is 1020 g/mol. The van der Waals surface area contributed by atoms with Crippen LogP contribution in [0.1, 0.15) is 328 Å². The minimum atomic E-state index is -1.58. The predicted molar refractivity (Wildman–Crippen MR) is 350 cm³/mol. The zero-order valence-corrected chi connectivity index (χ0v) is 53.5. The number of hydrogen-bond acceptors (Lipinski definition) is 8. The quantitative estimate of drug-likeness (QED) is 0.0261. The van der Waals surface area contributed by atoms with E-state index in [9.17, 15) is 30.3 Å². The first-order valence-corrected chi connectivity index (χ1v) is 35.2. The molecular formula is C73H133NO8. The van der Waals surface area contributed by atoms with Crippen molar-refractivity contribution in [2.75, 3.05) is 13.2 Å². The Balaban J connectivity index is 2.17. The van der Waals surface area contributed by atoms with Crippen LogP contribution in [0.4, 0.5) is 0 Å². The molecule has 1 amide bonds. The molecule has 1 rings (SSSR count). The predicted octanol–water partition coefficient (Wildman–Crippen LogP) is 19.1. The highest BCUT2D eigenvalue weighted by molar-refractivity contribution is 5.76. The first-order chi connectivity index (χ1) is 40.3. The van der Waals surface area contributed by atoms with Gasteiger partial charge < -0.3 is 40.3 Å². The van der Waals surface area contributed by atoms with Crippen molar-refractivity contribution in [1.29, 1.82) is 0 Å². The molecule has 0 aromatic heterocycles. The molecule has 1 fully saturated rings. The van der Waals surface area contributed by atoms with E-state index in [1.807, 2.05) is 6.08 Å². The normalized spacial score (nSPS) is 18.7. The van der Waals surface area contributed by atoms with Crippen LogP contribution in [-0.4, -0.2) is 87.5 Å². The van der Waals surface area contributed by atoms with Gasteiger partial charge in [-0.3, -0.25) is 4.79 Å². The average molecular weight is 1150 g/mol. The van der Waals surface area contributed by atoms with E-state index in [0.717, 1.165) is 57.8 Å². The largest absolute Gasteiger partial charge is 0.394 e. The summed E-state index contributed by atoms with van der Waals surface area (Å²) in [4.78, 5) is 13.1. The summed E-state index contributed by atoms with van der Waals surface area (Å²) in [7, 11) is 0. The lowest BCUT2D eigenvalue weighted by molar-refractivity contribution is -0.302. The fraction of sp³-hybridized carbons (Fsp3) is 0.822. The number of ether oxygens (including phenoxy) is 2. The Bertz CT molecular complexity index is 1520. The van der Waals surface area contributed by atoms with Gasteiger partial charge in [-0.1, -0.05) is 311 Å². The van der Waals surface area contributed by atoms with Crippen molar-refractivity contribution in [1.82, 2.24) is 5.32 Å². The van der Waals surface area contributed by atoms with E-state index in [2.05, 4.69) is 79.9 Å². The van der Waals surface area contributed by atoms with Crippen LogP contribution >= 0.6 is 0 Å². The van der Waals surface area contributed by atoms with E-state index in [4.69, 9.17) is 9.47 Å². The molecule has 7 unspecified atom stereocenters. The first kappa shape index (κ1) is 77.6. The second-order valence-corrected chi connectivity index (χ2v) is 24.3. The van der Waals surface area contributed by atoms with E-state index in [1.54, 1.807) is 6.08 Å². The van der Waals surface area contributed by atoms with Crippen LogP contribution < -0.4 is 5.32 Å². The molecule has 0 aromatic carbocycles. The number of amides is 1. The molecule has 9 nitrogen and oxygen atoms in total. The molecule has 478 valence electrons. The van der Waals surface area contributed by atoms with E-state index in [0.29, 0.717) is 6.42 Å². The van der Waals surface area contributed by atoms with Gasteiger partial charge in [0.2, 0.25) is 5.91 Å². The smallest absolute Gasteiger partial charge is 0.220 e.